The second-order valence-electron chi connectivity index (χ2n) is 9.54. The summed E-state index contributed by atoms with van der Waals surface area (Å²) in [6, 6.07) is 14.1. The second-order valence-corrected chi connectivity index (χ2v) is 11.5. The van der Waals surface area contributed by atoms with E-state index in [2.05, 4.69) is 15.1 Å². The number of pyridine rings is 2. The second kappa shape index (κ2) is 9.51. The van der Waals surface area contributed by atoms with Gasteiger partial charge in [0.25, 0.3) is 0 Å². The molecule has 3 aromatic heterocycles. The molecule has 0 unspecified atom stereocenters. The number of Topliss-reactive ketones (excluding diaryl/α,β-unsaturated/α-hetero) is 1. The highest BCUT2D eigenvalue weighted by Crippen LogP contribution is 2.47. The number of halogens is 1. The highest BCUT2D eigenvalue weighted by Gasteiger charge is 2.51. The Balaban J connectivity index is 1.43. The van der Waals surface area contributed by atoms with Crippen LogP contribution in [0.5, 0.6) is 5.88 Å². The van der Waals surface area contributed by atoms with Crippen molar-refractivity contribution in [3.05, 3.63) is 102 Å². The first-order valence-corrected chi connectivity index (χ1v) is 13.8. The van der Waals surface area contributed by atoms with Gasteiger partial charge in [-0.05, 0) is 66.9 Å². The van der Waals surface area contributed by atoms with Crippen LogP contribution in [0.15, 0.2) is 83.7 Å². The van der Waals surface area contributed by atoms with E-state index in [9.17, 15) is 17.6 Å². The van der Waals surface area contributed by atoms with Crippen LogP contribution in [0.3, 0.4) is 0 Å². The van der Waals surface area contributed by atoms with Gasteiger partial charge in [-0.3, -0.25) is 9.78 Å². The third-order valence-electron chi connectivity index (χ3n) is 7.34. The number of hydrogen-bond acceptors (Lipinski definition) is 7. The summed E-state index contributed by atoms with van der Waals surface area (Å²) in [5.41, 5.74) is 2.18. The Morgan fingerprint density at radius 3 is 2.56 bits per heavy atom. The number of sulfonamides is 1. The standard InChI is InChI=1S/C28H24FN5O4S/c1-38-26-10-9-23(17-31-26)39(36,37)33-13-11-20-14-25-19(16-32-34(25)22-7-5-21(29)6-8-22)15-28(20,18-33)27(35)24-4-2-3-12-30-24/h2-10,12,14,16-17H,11,13,15,18H2,1H3/t28-/m1/s1. The van der Waals surface area contributed by atoms with E-state index in [-0.39, 0.29) is 41.7 Å². The lowest BCUT2D eigenvalue weighted by atomic mass is 9.65. The van der Waals surface area contributed by atoms with E-state index in [1.165, 1.54) is 41.9 Å². The van der Waals surface area contributed by atoms with Crippen molar-refractivity contribution in [1.29, 1.82) is 0 Å². The van der Waals surface area contributed by atoms with Crippen molar-refractivity contribution in [2.75, 3.05) is 20.2 Å². The molecule has 198 valence electrons. The summed E-state index contributed by atoms with van der Waals surface area (Å²) in [6.07, 6.45) is 7.01. The van der Waals surface area contributed by atoms with E-state index < -0.39 is 15.4 Å². The zero-order valence-electron chi connectivity index (χ0n) is 21.0. The first-order chi connectivity index (χ1) is 18.8. The van der Waals surface area contributed by atoms with Crippen LogP contribution < -0.4 is 4.74 Å². The van der Waals surface area contributed by atoms with Gasteiger partial charge in [-0.1, -0.05) is 11.6 Å². The number of ketones is 1. The Hall–Kier alpha value is -4.22. The Kier molecular flexibility index (Phi) is 6.12. The molecule has 0 bridgehead atoms. The number of carbonyl (C=O) groups excluding carboxylic acids is 1. The number of nitrogens with zero attached hydrogens (tertiary/aromatic N) is 5. The lowest BCUT2D eigenvalue weighted by Crippen LogP contribution is -2.53. The molecule has 0 radical (unpaired) electrons. The summed E-state index contributed by atoms with van der Waals surface area (Å²) in [7, 11) is -2.50. The Morgan fingerprint density at radius 2 is 1.87 bits per heavy atom. The van der Waals surface area contributed by atoms with Crippen molar-refractivity contribution < 1.29 is 22.3 Å². The Labute approximate surface area is 224 Å². The minimum absolute atomic E-state index is 0.0248. The largest absolute Gasteiger partial charge is 0.481 e. The van der Waals surface area contributed by atoms with E-state index in [0.29, 0.717) is 18.0 Å². The van der Waals surface area contributed by atoms with E-state index in [1.807, 2.05) is 6.08 Å². The van der Waals surface area contributed by atoms with Crippen LogP contribution in [0.2, 0.25) is 0 Å². The monoisotopic (exact) mass is 545 g/mol. The maximum absolute atomic E-state index is 14.1. The number of rotatable bonds is 6. The molecule has 1 atom stereocenters. The minimum Gasteiger partial charge on any atom is -0.481 e. The highest BCUT2D eigenvalue weighted by atomic mass is 32.2. The number of aromatic nitrogens is 4. The van der Waals surface area contributed by atoms with Crippen molar-refractivity contribution >= 4 is 21.9 Å². The van der Waals surface area contributed by atoms with Crippen LogP contribution in [0.25, 0.3) is 11.8 Å². The molecule has 39 heavy (non-hydrogen) atoms. The predicted octanol–water partition coefficient (Wildman–Crippen LogP) is 3.71. The van der Waals surface area contributed by atoms with Crippen LogP contribution in [0.4, 0.5) is 4.39 Å². The third kappa shape index (κ3) is 4.23. The van der Waals surface area contributed by atoms with Gasteiger partial charge in [-0.15, -0.1) is 0 Å². The molecule has 1 aliphatic heterocycles. The van der Waals surface area contributed by atoms with Crippen LogP contribution in [-0.4, -0.2) is 58.5 Å². The van der Waals surface area contributed by atoms with Crippen LogP contribution in [-0.2, 0) is 16.4 Å². The number of piperidine rings is 1. The van der Waals surface area contributed by atoms with Crippen LogP contribution in [0, 0.1) is 11.2 Å². The molecule has 1 saturated heterocycles. The molecular formula is C28H24FN5O4S. The molecule has 4 heterocycles. The van der Waals surface area contributed by atoms with Gasteiger partial charge in [0.15, 0.2) is 5.78 Å². The average Bonchev–Trinajstić information content (AvgIpc) is 3.38. The lowest BCUT2D eigenvalue weighted by molar-refractivity contribution is 0.0770. The summed E-state index contributed by atoms with van der Waals surface area (Å²) in [6.45, 7) is 0.140. The number of hydrogen-bond donors (Lipinski definition) is 0. The molecule has 6 rings (SSSR count). The Morgan fingerprint density at radius 1 is 1.05 bits per heavy atom. The molecule has 0 N–H and O–H groups in total. The van der Waals surface area contributed by atoms with Gasteiger partial charge < -0.3 is 4.74 Å². The van der Waals surface area contributed by atoms with Crippen molar-refractivity contribution in [3.63, 3.8) is 0 Å². The fraction of sp³-hybridized carbons (Fsp3) is 0.214. The number of carbonyl (C=O) groups is 1. The smallest absolute Gasteiger partial charge is 0.244 e. The first-order valence-electron chi connectivity index (χ1n) is 12.3. The molecule has 1 fully saturated rings. The molecule has 0 spiro atoms. The third-order valence-corrected chi connectivity index (χ3v) is 9.17. The molecule has 0 saturated carbocycles. The summed E-state index contributed by atoms with van der Waals surface area (Å²) in [5, 5.41) is 4.52. The van der Waals surface area contributed by atoms with Crippen molar-refractivity contribution in [3.8, 4) is 11.6 Å². The maximum Gasteiger partial charge on any atom is 0.244 e. The van der Waals surface area contributed by atoms with Crippen LogP contribution >= 0.6 is 0 Å². The van der Waals surface area contributed by atoms with E-state index in [0.717, 1.165) is 16.8 Å². The van der Waals surface area contributed by atoms with Gasteiger partial charge in [-0.2, -0.15) is 9.40 Å². The van der Waals surface area contributed by atoms with Gasteiger partial charge in [0, 0.05) is 25.4 Å². The average molecular weight is 546 g/mol. The summed E-state index contributed by atoms with van der Waals surface area (Å²) in [5.74, 6) is -0.293. The van der Waals surface area contributed by atoms with Gasteiger partial charge in [0.05, 0.1) is 36.3 Å². The van der Waals surface area contributed by atoms with Gasteiger partial charge in [0.1, 0.15) is 16.4 Å². The van der Waals surface area contributed by atoms with Gasteiger partial charge in [-0.25, -0.2) is 22.5 Å². The molecule has 0 amide bonds. The number of benzene rings is 1. The molecule has 2 aliphatic rings. The van der Waals surface area contributed by atoms with Crippen molar-refractivity contribution in [1.82, 2.24) is 24.1 Å². The fourth-order valence-electron chi connectivity index (χ4n) is 5.34. The van der Waals surface area contributed by atoms with E-state index in [4.69, 9.17) is 4.74 Å². The minimum atomic E-state index is -3.95. The van der Waals surface area contributed by atoms with E-state index in [1.54, 1.807) is 47.4 Å². The zero-order valence-corrected chi connectivity index (χ0v) is 21.8. The molecular weight excluding hydrogens is 521 g/mol. The summed E-state index contributed by atoms with van der Waals surface area (Å²) in [4.78, 5) is 22.5. The van der Waals surface area contributed by atoms with Crippen LogP contribution in [0.1, 0.15) is 28.2 Å². The molecule has 9 nitrogen and oxygen atoms in total. The molecule has 11 heteroatoms. The fourth-order valence-corrected chi connectivity index (χ4v) is 6.79. The van der Waals surface area contributed by atoms with E-state index >= 15 is 0 Å². The molecule has 1 aliphatic carbocycles. The van der Waals surface area contributed by atoms with Crippen molar-refractivity contribution in [2.24, 2.45) is 5.41 Å². The van der Waals surface area contributed by atoms with Gasteiger partial charge in [0.2, 0.25) is 15.9 Å². The number of fused-ring (bicyclic) bond motifs is 2. The number of methoxy groups -OCH3 is 1. The first kappa shape index (κ1) is 25.1. The topological polar surface area (TPSA) is 107 Å². The quantitative estimate of drug-likeness (QED) is 0.340. The highest BCUT2D eigenvalue weighted by molar-refractivity contribution is 7.89. The summed E-state index contributed by atoms with van der Waals surface area (Å²) >= 11 is 0. The van der Waals surface area contributed by atoms with Crippen molar-refractivity contribution in [2.45, 2.75) is 17.7 Å². The lowest BCUT2D eigenvalue weighted by Gasteiger charge is -2.44. The Bertz CT molecular complexity index is 1690. The number of ether oxygens (including phenoxy) is 1. The normalized spacial score (nSPS) is 19.1. The maximum atomic E-state index is 14.1. The molecule has 1 aromatic carbocycles. The zero-order chi connectivity index (χ0) is 27.2. The van der Waals surface area contributed by atoms with Gasteiger partial charge >= 0.3 is 0 Å². The predicted molar refractivity (Wildman–Crippen MR) is 140 cm³/mol. The molecule has 4 aromatic rings. The SMILES string of the molecule is COc1ccc(S(=O)(=O)N2CCC3=Cc4c(cnn4-c4ccc(F)cc4)C[C@@]3(C(=O)c3ccccn3)C2)cn1. The summed E-state index contributed by atoms with van der Waals surface area (Å²) < 4.78 is 49.0.